The lowest BCUT2D eigenvalue weighted by molar-refractivity contribution is 0.589. The van der Waals surface area contributed by atoms with Crippen molar-refractivity contribution in [3.8, 4) is 0 Å². The van der Waals surface area contributed by atoms with Crippen molar-refractivity contribution in [2.24, 2.45) is 0 Å². The Morgan fingerprint density at radius 1 is 0.905 bits per heavy atom. The lowest BCUT2D eigenvalue weighted by Gasteiger charge is -2.19. The van der Waals surface area contributed by atoms with Gasteiger partial charge in [-0.1, -0.05) is 74.3 Å². The summed E-state index contributed by atoms with van der Waals surface area (Å²) in [5, 5.41) is 4.78. The van der Waals surface area contributed by atoms with Gasteiger partial charge in [0.1, 0.15) is 0 Å². The summed E-state index contributed by atoms with van der Waals surface area (Å²) in [7, 11) is 0. The van der Waals surface area contributed by atoms with E-state index >= 15 is 0 Å². The van der Waals surface area contributed by atoms with Gasteiger partial charge in [-0.3, -0.25) is 0 Å². The minimum atomic E-state index is 0.197. The average Bonchev–Trinajstić information content (AvgIpc) is 2.41. The van der Waals surface area contributed by atoms with Crippen LogP contribution in [0.3, 0.4) is 0 Å². The Kier molecular flexibility index (Phi) is 5.32. The molecule has 1 N–H and O–H groups in total. The molecular formula is C18H21Cl2N. The number of hydrogen-bond acceptors (Lipinski definition) is 1. The molecule has 3 heteroatoms. The van der Waals surface area contributed by atoms with Gasteiger partial charge in [0, 0.05) is 23.1 Å². The van der Waals surface area contributed by atoms with E-state index in [0.29, 0.717) is 10.0 Å². The van der Waals surface area contributed by atoms with Crippen LogP contribution in [0, 0.1) is 0 Å². The number of nitrogens with one attached hydrogen (secondary N) is 1. The molecule has 0 saturated carbocycles. The zero-order chi connectivity index (χ0) is 15.5. The van der Waals surface area contributed by atoms with Crippen molar-refractivity contribution in [1.82, 2.24) is 5.32 Å². The molecule has 0 radical (unpaired) electrons. The van der Waals surface area contributed by atoms with Gasteiger partial charge in [-0.2, -0.15) is 0 Å². The summed E-state index contributed by atoms with van der Waals surface area (Å²) in [5.41, 5.74) is 3.88. The van der Waals surface area contributed by atoms with Crippen LogP contribution in [0.15, 0.2) is 42.5 Å². The molecule has 2 rings (SSSR count). The van der Waals surface area contributed by atoms with Gasteiger partial charge in [-0.05, 0) is 34.2 Å². The van der Waals surface area contributed by atoms with Crippen LogP contribution in [0.1, 0.15) is 37.5 Å². The summed E-state index contributed by atoms with van der Waals surface area (Å²) in [6.07, 6.45) is 0. The molecule has 21 heavy (non-hydrogen) atoms. The van der Waals surface area contributed by atoms with Crippen LogP contribution in [0.2, 0.25) is 10.0 Å². The first-order valence-electron chi connectivity index (χ1n) is 7.10. The highest BCUT2D eigenvalue weighted by Gasteiger charge is 2.12. The van der Waals surface area contributed by atoms with E-state index in [1.54, 1.807) is 6.07 Å². The largest absolute Gasteiger partial charge is 0.309 e. The molecule has 0 atom stereocenters. The van der Waals surface area contributed by atoms with E-state index < -0.39 is 0 Å². The van der Waals surface area contributed by atoms with Gasteiger partial charge in [-0.15, -0.1) is 0 Å². The van der Waals surface area contributed by atoms with Crippen LogP contribution in [0.25, 0.3) is 0 Å². The maximum atomic E-state index is 6.16. The Bertz CT molecular complexity index is 598. The van der Waals surface area contributed by atoms with Crippen molar-refractivity contribution < 1.29 is 0 Å². The normalized spacial score (nSPS) is 11.7. The molecule has 0 aliphatic carbocycles. The van der Waals surface area contributed by atoms with Crippen molar-refractivity contribution in [2.45, 2.75) is 39.3 Å². The predicted molar refractivity (Wildman–Crippen MR) is 92.1 cm³/mol. The van der Waals surface area contributed by atoms with Crippen molar-refractivity contribution in [2.75, 3.05) is 0 Å². The number of halogens is 2. The molecule has 2 aromatic rings. The van der Waals surface area contributed by atoms with Crippen LogP contribution in [0.5, 0.6) is 0 Å². The van der Waals surface area contributed by atoms with E-state index in [1.807, 2.05) is 12.1 Å². The summed E-state index contributed by atoms with van der Waals surface area (Å²) in [6, 6.07) is 14.4. The quantitative estimate of drug-likeness (QED) is 0.775. The van der Waals surface area contributed by atoms with Crippen LogP contribution in [0.4, 0.5) is 0 Å². The second-order valence-electron chi connectivity index (χ2n) is 6.29. The second kappa shape index (κ2) is 6.83. The smallest absolute Gasteiger partial charge is 0.0465 e. The predicted octanol–water partition coefficient (Wildman–Crippen LogP) is 5.58. The first-order valence-corrected chi connectivity index (χ1v) is 7.86. The van der Waals surface area contributed by atoms with Crippen LogP contribution < -0.4 is 5.32 Å². The summed E-state index contributed by atoms with van der Waals surface area (Å²) in [4.78, 5) is 0. The highest BCUT2D eigenvalue weighted by molar-refractivity contribution is 6.35. The first kappa shape index (κ1) is 16.4. The monoisotopic (exact) mass is 321 g/mol. The highest BCUT2D eigenvalue weighted by atomic mass is 35.5. The molecule has 0 bridgehead atoms. The summed E-state index contributed by atoms with van der Waals surface area (Å²) in [5.74, 6) is 0. The van der Waals surface area contributed by atoms with E-state index in [2.05, 4.69) is 50.4 Å². The third-order valence-electron chi connectivity index (χ3n) is 3.48. The molecule has 112 valence electrons. The Morgan fingerprint density at radius 3 is 2.14 bits per heavy atom. The van der Waals surface area contributed by atoms with Gasteiger partial charge in [-0.25, -0.2) is 0 Å². The molecule has 0 fully saturated rings. The van der Waals surface area contributed by atoms with Gasteiger partial charge in [0.2, 0.25) is 0 Å². The van der Waals surface area contributed by atoms with Crippen LogP contribution in [-0.4, -0.2) is 0 Å². The van der Waals surface area contributed by atoms with Crippen molar-refractivity contribution >= 4 is 23.2 Å². The van der Waals surface area contributed by atoms with Gasteiger partial charge in [0.15, 0.2) is 0 Å². The zero-order valence-electron chi connectivity index (χ0n) is 12.7. The average molecular weight is 322 g/mol. The second-order valence-corrected chi connectivity index (χ2v) is 7.13. The lowest BCUT2D eigenvalue weighted by atomic mass is 9.87. The number of hydrogen-bond donors (Lipinski definition) is 1. The number of benzene rings is 2. The van der Waals surface area contributed by atoms with E-state index in [-0.39, 0.29) is 5.41 Å². The fourth-order valence-electron chi connectivity index (χ4n) is 2.13. The standard InChI is InChI=1S/C18H21Cl2N/c1-18(2,3)15-7-4-13(5-8-15)11-21-12-14-6-9-16(19)10-17(14)20/h4-10,21H,11-12H2,1-3H3. The topological polar surface area (TPSA) is 12.0 Å². The Hall–Kier alpha value is -1.02. The maximum Gasteiger partial charge on any atom is 0.0465 e. The molecular weight excluding hydrogens is 301 g/mol. The fraction of sp³-hybridized carbons (Fsp3) is 0.333. The van der Waals surface area contributed by atoms with E-state index in [4.69, 9.17) is 23.2 Å². The Labute approximate surface area is 137 Å². The van der Waals surface area contributed by atoms with Gasteiger partial charge in [0.25, 0.3) is 0 Å². The maximum absolute atomic E-state index is 6.16. The molecule has 0 heterocycles. The molecule has 0 spiro atoms. The van der Waals surface area contributed by atoms with Gasteiger partial charge < -0.3 is 5.32 Å². The zero-order valence-corrected chi connectivity index (χ0v) is 14.2. The summed E-state index contributed by atoms with van der Waals surface area (Å²) >= 11 is 12.1. The van der Waals surface area contributed by atoms with Crippen LogP contribution in [-0.2, 0) is 18.5 Å². The Morgan fingerprint density at radius 2 is 1.57 bits per heavy atom. The minimum absolute atomic E-state index is 0.197. The lowest BCUT2D eigenvalue weighted by Crippen LogP contribution is -2.14. The molecule has 0 amide bonds. The molecule has 0 aromatic heterocycles. The Balaban J connectivity index is 1.91. The molecule has 0 aliphatic heterocycles. The van der Waals surface area contributed by atoms with E-state index in [1.165, 1.54) is 11.1 Å². The first-order chi connectivity index (χ1) is 9.86. The van der Waals surface area contributed by atoms with E-state index in [0.717, 1.165) is 18.7 Å². The molecule has 0 unspecified atom stereocenters. The summed E-state index contributed by atoms with van der Waals surface area (Å²) in [6.45, 7) is 8.23. The summed E-state index contributed by atoms with van der Waals surface area (Å²) < 4.78 is 0. The van der Waals surface area contributed by atoms with Gasteiger partial charge in [0.05, 0.1) is 0 Å². The van der Waals surface area contributed by atoms with Crippen molar-refractivity contribution in [1.29, 1.82) is 0 Å². The van der Waals surface area contributed by atoms with Crippen molar-refractivity contribution in [3.63, 3.8) is 0 Å². The SMILES string of the molecule is CC(C)(C)c1ccc(CNCc2ccc(Cl)cc2Cl)cc1. The molecule has 2 aromatic carbocycles. The molecule has 0 saturated heterocycles. The van der Waals surface area contributed by atoms with Gasteiger partial charge >= 0.3 is 0 Å². The number of rotatable bonds is 4. The van der Waals surface area contributed by atoms with Crippen molar-refractivity contribution in [3.05, 3.63) is 69.2 Å². The third kappa shape index (κ3) is 4.74. The third-order valence-corrected chi connectivity index (χ3v) is 4.07. The highest BCUT2D eigenvalue weighted by Crippen LogP contribution is 2.23. The molecule has 1 nitrogen and oxygen atoms in total. The fourth-order valence-corrected chi connectivity index (χ4v) is 2.60. The van der Waals surface area contributed by atoms with Crippen LogP contribution >= 0.6 is 23.2 Å². The van der Waals surface area contributed by atoms with E-state index in [9.17, 15) is 0 Å². The minimum Gasteiger partial charge on any atom is -0.309 e. The molecule has 0 aliphatic rings.